The number of aryl methyl sites for hydroxylation is 1. The van der Waals surface area contributed by atoms with Crippen molar-refractivity contribution in [1.29, 1.82) is 0 Å². The lowest BCUT2D eigenvalue weighted by atomic mass is 10.2. The maximum atomic E-state index is 9.14. The summed E-state index contributed by atoms with van der Waals surface area (Å²) >= 11 is 0. The van der Waals surface area contributed by atoms with Crippen LogP contribution in [0, 0.1) is 6.92 Å². The molecule has 1 atom stereocenters. The molecule has 1 heterocycles. The fraction of sp³-hybridized carbons (Fsp3) is 0.700. The molecule has 4 heteroatoms. The summed E-state index contributed by atoms with van der Waals surface area (Å²) in [7, 11) is 0. The van der Waals surface area contributed by atoms with E-state index in [1.165, 1.54) is 0 Å². The van der Waals surface area contributed by atoms with Crippen LogP contribution < -0.4 is 5.32 Å². The maximum Gasteiger partial charge on any atom is 0.0602 e. The molecule has 0 aliphatic heterocycles. The first-order chi connectivity index (χ1) is 6.61. The number of hydrogen-bond acceptors (Lipinski definition) is 3. The number of aliphatic hydroxyl groups is 1. The van der Waals surface area contributed by atoms with Crippen LogP contribution in [0.3, 0.4) is 0 Å². The first-order valence-corrected chi connectivity index (χ1v) is 4.97. The Hall–Kier alpha value is -0.870. The Morgan fingerprint density at radius 1 is 1.57 bits per heavy atom. The topological polar surface area (TPSA) is 50.1 Å². The summed E-state index contributed by atoms with van der Waals surface area (Å²) < 4.78 is 1.85. The van der Waals surface area contributed by atoms with Crippen LogP contribution >= 0.6 is 0 Å². The van der Waals surface area contributed by atoms with Gasteiger partial charge in [-0.3, -0.25) is 4.68 Å². The van der Waals surface area contributed by atoms with Gasteiger partial charge in [0.05, 0.1) is 19.3 Å². The average molecular weight is 197 g/mol. The van der Waals surface area contributed by atoms with Gasteiger partial charge in [-0.1, -0.05) is 13.8 Å². The fourth-order valence-corrected chi connectivity index (χ4v) is 1.43. The van der Waals surface area contributed by atoms with E-state index >= 15 is 0 Å². The molecule has 0 amide bonds. The molecule has 0 saturated heterocycles. The van der Waals surface area contributed by atoms with Crippen molar-refractivity contribution >= 4 is 0 Å². The van der Waals surface area contributed by atoms with Gasteiger partial charge in [0.1, 0.15) is 0 Å². The number of nitrogens with one attached hydrogen (secondary N) is 1. The molecular weight excluding hydrogens is 178 g/mol. The lowest BCUT2D eigenvalue weighted by Gasteiger charge is -2.18. The van der Waals surface area contributed by atoms with Crippen molar-refractivity contribution in [2.45, 2.75) is 39.4 Å². The highest BCUT2D eigenvalue weighted by Gasteiger charge is 2.09. The van der Waals surface area contributed by atoms with Crippen LogP contribution in [-0.2, 0) is 6.54 Å². The third-order valence-corrected chi connectivity index (χ3v) is 1.96. The predicted octanol–water partition coefficient (Wildman–Crippen LogP) is 0.550. The number of rotatable bonds is 5. The van der Waals surface area contributed by atoms with Crippen molar-refractivity contribution in [3.05, 3.63) is 18.0 Å². The summed E-state index contributed by atoms with van der Waals surface area (Å²) in [5.41, 5.74) is 1.14. The second kappa shape index (κ2) is 5.12. The van der Waals surface area contributed by atoms with Gasteiger partial charge in [0.2, 0.25) is 0 Å². The van der Waals surface area contributed by atoms with Crippen LogP contribution in [-0.4, -0.2) is 33.6 Å². The third-order valence-electron chi connectivity index (χ3n) is 1.96. The normalized spacial score (nSPS) is 13.5. The van der Waals surface area contributed by atoms with Gasteiger partial charge in [0.15, 0.2) is 0 Å². The van der Waals surface area contributed by atoms with Crippen LogP contribution in [0.25, 0.3) is 0 Å². The zero-order chi connectivity index (χ0) is 10.6. The van der Waals surface area contributed by atoms with E-state index in [-0.39, 0.29) is 12.6 Å². The van der Waals surface area contributed by atoms with Gasteiger partial charge in [-0.15, -0.1) is 0 Å². The molecule has 1 aromatic heterocycles. The first kappa shape index (κ1) is 11.2. The second-order valence-corrected chi connectivity index (χ2v) is 3.94. The van der Waals surface area contributed by atoms with E-state index in [0.717, 1.165) is 5.56 Å². The molecule has 0 spiro atoms. The molecule has 2 N–H and O–H groups in total. The number of hydrogen-bond donors (Lipinski definition) is 2. The van der Waals surface area contributed by atoms with E-state index < -0.39 is 0 Å². The van der Waals surface area contributed by atoms with Gasteiger partial charge in [0.25, 0.3) is 0 Å². The van der Waals surface area contributed by atoms with Crippen LogP contribution in [0.1, 0.15) is 19.4 Å². The van der Waals surface area contributed by atoms with Crippen LogP contribution in [0.2, 0.25) is 0 Å². The molecule has 1 unspecified atom stereocenters. The van der Waals surface area contributed by atoms with Crippen molar-refractivity contribution in [1.82, 2.24) is 15.1 Å². The molecule has 4 nitrogen and oxygen atoms in total. The van der Waals surface area contributed by atoms with Gasteiger partial charge in [0, 0.05) is 18.3 Å². The molecule has 0 bridgehead atoms. The average Bonchev–Trinajstić information content (AvgIpc) is 2.49. The minimum Gasteiger partial charge on any atom is -0.395 e. The largest absolute Gasteiger partial charge is 0.395 e. The number of nitrogens with zero attached hydrogens (tertiary/aromatic N) is 2. The maximum absolute atomic E-state index is 9.14. The molecule has 0 aliphatic carbocycles. The fourth-order valence-electron chi connectivity index (χ4n) is 1.43. The van der Waals surface area contributed by atoms with E-state index in [0.29, 0.717) is 12.6 Å². The smallest absolute Gasteiger partial charge is 0.0602 e. The van der Waals surface area contributed by atoms with Gasteiger partial charge in [-0.25, -0.2) is 0 Å². The molecule has 0 saturated carbocycles. The van der Waals surface area contributed by atoms with Crippen molar-refractivity contribution in [2.24, 2.45) is 0 Å². The zero-order valence-electron chi connectivity index (χ0n) is 9.07. The highest BCUT2D eigenvalue weighted by atomic mass is 16.3. The second-order valence-electron chi connectivity index (χ2n) is 3.94. The Morgan fingerprint density at radius 3 is 2.71 bits per heavy atom. The minimum absolute atomic E-state index is 0.0781. The molecular formula is C10H19N3O. The molecule has 1 rings (SSSR count). The van der Waals surface area contributed by atoms with Crippen molar-refractivity contribution in [2.75, 3.05) is 6.61 Å². The molecule has 14 heavy (non-hydrogen) atoms. The SMILES string of the molecule is Cc1cnn(CC(CO)NC(C)C)c1. The van der Waals surface area contributed by atoms with Crippen molar-refractivity contribution < 1.29 is 5.11 Å². The van der Waals surface area contributed by atoms with Crippen molar-refractivity contribution in [3.8, 4) is 0 Å². The predicted molar refractivity (Wildman–Crippen MR) is 56.1 cm³/mol. The first-order valence-electron chi connectivity index (χ1n) is 4.97. The summed E-state index contributed by atoms with van der Waals surface area (Å²) in [6, 6.07) is 0.457. The Balaban J connectivity index is 2.48. The van der Waals surface area contributed by atoms with E-state index in [9.17, 15) is 0 Å². The molecule has 0 radical (unpaired) electrons. The highest BCUT2D eigenvalue weighted by Crippen LogP contribution is 1.97. The highest BCUT2D eigenvalue weighted by molar-refractivity contribution is 4.99. The molecule has 0 aliphatic rings. The van der Waals surface area contributed by atoms with E-state index in [4.69, 9.17) is 5.11 Å². The van der Waals surface area contributed by atoms with Crippen LogP contribution in [0.15, 0.2) is 12.4 Å². The quantitative estimate of drug-likeness (QED) is 0.725. The summed E-state index contributed by atoms with van der Waals surface area (Å²) in [6.07, 6.45) is 3.80. The summed E-state index contributed by atoms with van der Waals surface area (Å²) in [5, 5.41) is 16.6. The summed E-state index contributed by atoms with van der Waals surface area (Å²) in [4.78, 5) is 0. The number of aliphatic hydroxyl groups excluding tert-OH is 1. The molecule has 80 valence electrons. The van der Waals surface area contributed by atoms with Crippen molar-refractivity contribution in [3.63, 3.8) is 0 Å². The molecule has 0 aromatic carbocycles. The molecule has 1 aromatic rings. The summed E-state index contributed by atoms with van der Waals surface area (Å²) in [6.45, 7) is 6.99. The molecule has 0 fully saturated rings. The Labute approximate surface area is 84.9 Å². The van der Waals surface area contributed by atoms with E-state index in [1.807, 2.05) is 24.0 Å². The standard InChI is InChI=1S/C10H19N3O/c1-8(2)12-10(7-14)6-13-5-9(3)4-11-13/h4-5,8,10,12,14H,6-7H2,1-3H3. The Kier molecular flexibility index (Phi) is 4.10. The number of aromatic nitrogens is 2. The Morgan fingerprint density at radius 2 is 2.29 bits per heavy atom. The third kappa shape index (κ3) is 3.47. The van der Waals surface area contributed by atoms with E-state index in [1.54, 1.807) is 0 Å². The van der Waals surface area contributed by atoms with Gasteiger partial charge < -0.3 is 10.4 Å². The Bertz CT molecular complexity index is 270. The lowest BCUT2D eigenvalue weighted by Crippen LogP contribution is -2.40. The lowest BCUT2D eigenvalue weighted by molar-refractivity contribution is 0.218. The zero-order valence-corrected chi connectivity index (χ0v) is 9.07. The van der Waals surface area contributed by atoms with E-state index in [2.05, 4.69) is 24.3 Å². The monoisotopic (exact) mass is 197 g/mol. The van der Waals surface area contributed by atoms with Crippen LogP contribution in [0.5, 0.6) is 0 Å². The van der Waals surface area contributed by atoms with Gasteiger partial charge in [-0.2, -0.15) is 5.10 Å². The minimum atomic E-state index is 0.0781. The van der Waals surface area contributed by atoms with Crippen LogP contribution in [0.4, 0.5) is 0 Å². The summed E-state index contributed by atoms with van der Waals surface area (Å²) in [5.74, 6) is 0. The van der Waals surface area contributed by atoms with Gasteiger partial charge in [-0.05, 0) is 12.5 Å². The van der Waals surface area contributed by atoms with Gasteiger partial charge >= 0.3 is 0 Å².